The lowest BCUT2D eigenvalue weighted by atomic mass is 10.2. The number of halogens is 1. The summed E-state index contributed by atoms with van der Waals surface area (Å²) >= 11 is 2.22. The number of hydrogen-bond donors (Lipinski definition) is 1. The van der Waals surface area contributed by atoms with Gasteiger partial charge in [0.2, 0.25) is 0 Å². The standard InChI is InChI=1S/C18H28INO4/c1-7-12(2)22-14-9-8-10-15(16(14)19)23-13(3)11-20-17(21)24-18(4,5)6/h8-10,12-13H,7,11H2,1-6H3,(H,20,21)/t12-,13-/m0/s1. The van der Waals surface area contributed by atoms with Gasteiger partial charge in [0.15, 0.2) is 0 Å². The SMILES string of the molecule is CC[C@H](C)Oc1cccc(O[C@@H](C)CNC(=O)OC(C)(C)C)c1I. The number of hydrogen-bond acceptors (Lipinski definition) is 4. The number of nitrogens with one attached hydrogen (secondary N) is 1. The van der Waals surface area contributed by atoms with Gasteiger partial charge in [0.05, 0.1) is 16.2 Å². The van der Waals surface area contributed by atoms with E-state index in [2.05, 4.69) is 34.8 Å². The number of amides is 1. The van der Waals surface area contributed by atoms with Gasteiger partial charge in [-0.2, -0.15) is 0 Å². The van der Waals surface area contributed by atoms with Gasteiger partial charge in [0.25, 0.3) is 0 Å². The Morgan fingerprint density at radius 3 is 2.21 bits per heavy atom. The molecule has 0 aliphatic heterocycles. The Kier molecular flexibility index (Phi) is 8.12. The van der Waals surface area contributed by atoms with Crippen LogP contribution in [-0.4, -0.2) is 30.4 Å². The molecule has 24 heavy (non-hydrogen) atoms. The fraction of sp³-hybridized carbons (Fsp3) is 0.611. The van der Waals surface area contributed by atoms with E-state index in [1.807, 2.05) is 52.8 Å². The van der Waals surface area contributed by atoms with Crippen LogP contribution < -0.4 is 14.8 Å². The summed E-state index contributed by atoms with van der Waals surface area (Å²) in [6, 6.07) is 5.74. The van der Waals surface area contributed by atoms with E-state index in [9.17, 15) is 4.79 Å². The van der Waals surface area contributed by atoms with Crippen molar-refractivity contribution in [2.24, 2.45) is 0 Å². The fourth-order valence-corrected chi connectivity index (χ4v) is 2.39. The molecule has 0 radical (unpaired) electrons. The number of benzene rings is 1. The largest absolute Gasteiger partial charge is 0.489 e. The molecule has 2 atom stereocenters. The number of alkyl carbamates (subject to hydrolysis) is 1. The van der Waals surface area contributed by atoms with Crippen molar-refractivity contribution in [3.8, 4) is 11.5 Å². The minimum absolute atomic E-state index is 0.153. The first-order valence-corrected chi connectivity index (χ1v) is 9.29. The molecule has 136 valence electrons. The Bertz CT molecular complexity index is 542. The minimum atomic E-state index is -0.509. The molecule has 0 saturated heterocycles. The molecule has 1 rings (SSSR count). The maximum atomic E-state index is 11.7. The van der Waals surface area contributed by atoms with Crippen molar-refractivity contribution in [2.75, 3.05) is 6.54 Å². The first-order chi connectivity index (χ1) is 11.1. The molecular formula is C18H28INO4. The van der Waals surface area contributed by atoms with Gasteiger partial charge in [-0.15, -0.1) is 0 Å². The van der Waals surface area contributed by atoms with Crippen LogP contribution in [0.1, 0.15) is 48.0 Å². The third kappa shape index (κ3) is 7.59. The van der Waals surface area contributed by atoms with Crippen LogP contribution in [0.5, 0.6) is 11.5 Å². The Morgan fingerprint density at radius 1 is 1.17 bits per heavy atom. The second-order valence-corrected chi connectivity index (χ2v) is 7.79. The summed E-state index contributed by atoms with van der Waals surface area (Å²) in [4.78, 5) is 11.7. The van der Waals surface area contributed by atoms with Crippen LogP contribution in [0.4, 0.5) is 4.79 Å². The lowest BCUT2D eigenvalue weighted by Crippen LogP contribution is -2.37. The highest BCUT2D eigenvalue weighted by molar-refractivity contribution is 14.1. The van der Waals surface area contributed by atoms with E-state index in [0.717, 1.165) is 21.5 Å². The quantitative estimate of drug-likeness (QED) is 0.610. The predicted octanol–water partition coefficient (Wildman–Crippen LogP) is 4.76. The Labute approximate surface area is 158 Å². The van der Waals surface area contributed by atoms with Crippen LogP contribution in [0.3, 0.4) is 0 Å². The summed E-state index contributed by atoms with van der Waals surface area (Å²) in [5.41, 5.74) is -0.509. The maximum absolute atomic E-state index is 11.7. The molecule has 0 aromatic heterocycles. The third-order valence-corrected chi connectivity index (χ3v) is 4.16. The van der Waals surface area contributed by atoms with E-state index in [0.29, 0.717) is 6.54 Å². The highest BCUT2D eigenvalue weighted by atomic mass is 127. The van der Waals surface area contributed by atoms with Crippen LogP contribution >= 0.6 is 22.6 Å². The number of ether oxygens (including phenoxy) is 3. The molecule has 0 unspecified atom stereocenters. The average Bonchev–Trinajstić information content (AvgIpc) is 2.47. The van der Waals surface area contributed by atoms with E-state index in [1.54, 1.807) is 0 Å². The van der Waals surface area contributed by atoms with Gasteiger partial charge < -0.3 is 19.5 Å². The van der Waals surface area contributed by atoms with Gasteiger partial charge in [-0.1, -0.05) is 13.0 Å². The second-order valence-electron chi connectivity index (χ2n) is 6.72. The monoisotopic (exact) mass is 449 g/mol. The first-order valence-electron chi connectivity index (χ1n) is 8.21. The topological polar surface area (TPSA) is 56.8 Å². The molecule has 0 saturated carbocycles. The summed E-state index contributed by atoms with van der Waals surface area (Å²) in [5.74, 6) is 1.56. The number of rotatable bonds is 7. The van der Waals surface area contributed by atoms with Crippen LogP contribution in [0, 0.1) is 3.57 Å². The molecule has 0 heterocycles. The summed E-state index contributed by atoms with van der Waals surface area (Å²) in [6.45, 7) is 11.9. The van der Waals surface area contributed by atoms with Crippen molar-refractivity contribution < 1.29 is 19.0 Å². The molecule has 6 heteroatoms. The van der Waals surface area contributed by atoms with E-state index in [1.165, 1.54) is 0 Å². The molecule has 0 aliphatic rings. The number of carbonyl (C=O) groups excluding carboxylic acids is 1. The molecule has 1 aromatic carbocycles. The molecule has 0 fully saturated rings. The van der Waals surface area contributed by atoms with E-state index in [4.69, 9.17) is 14.2 Å². The lowest BCUT2D eigenvalue weighted by molar-refractivity contribution is 0.0504. The van der Waals surface area contributed by atoms with Crippen molar-refractivity contribution in [1.29, 1.82) is 0 Å². The smallest absolute Gasteiger partial charge is 0.407 e. The zero-order valence-electron chi connectivity index (χ0n) is 15.3. The van der Waals surface area contributed by atoms with Gasteiger partial charge in [0.1, 0.15) is 23.2 Å². The molecule has 0 bridgehead atoms. The first kappa shape index (κ1) is 20.9. The van der Waals surface area contributed by atoms with Gasteiger partial charge in [-0.05, 0) is 75.8 Å². The summed E-state index contributed by atoms with van der Waals surface area (Å²) in [6.07, 6.45) is 0.462. The summed E-state index contributed by atoms with van der Waals surface area (Å²) in [5, 5.41) is 2.71. The van der Waals surface area contributed by atoms with E-state index < -0.39 is 11.7 Å². The summed E-state index contributed by atoms with van der Waals surface area (Å²) in [7, 11) is 0. The van der Waals surface area contributed by atoms with Crippen LogP contribution in [-0.2, 0) is 4.74 Å². The lowest BCUT2D eigenvalue weighted by Gasteiger charge is -2.22. The van der Waals surface area contributed by atoms with Gasteiger partial charge in [-0.25, -0.2) is 4.79 Å². The van der Waals surface area contributed by atoms with Crippen LogP contribution in [0.2, 0.25) is 0 Å². The van der Waals surface area contributed by atoms with E-state index in [-0.39, 0.29) is 12.2 Å². The molecule has 1 amide bonds. The normalized spacial score (nSPS) is 13.8. The second kappa shape index (κ2) is 9.34. The Balaban J connectivity index is 2.59. The minimum Gasteiger partial charge on any atom is -0.489 e. The zero-order valence-corrected chi connectivity index (χ0v) is 17.5. The maximum Gasteiger partial charge on any atom is 0.407 e. The van der Waals surface area contributed by atoms with Crippen molar-refractivity contribution >= 4 is 28.7 Å². The number of carbonyl (C=O) groups is 1. The average molecular weight is 449 g/mol. The van der Waals surface area contributed by atoms with Crippen molar-refractivity contribution in [3.63, 3.8) is 0 Å². The molecule has 5 nitrogen and oxygen atoms in total. The summed E-state index contributed by atoms with van der Waals surface area (Å²) < 4.78 is 18.0. The molecular weight excluding hydrogens is 421 g/mol. The highest BCUT2D eigenvalue weighted by Crippen LogP contribution is 2.31. The van der Waals surface area contributed by atoms with Crippen LogP contribution in [0.25, 0.3) is 0 Å². The Morgan fingerprint density at radius 2 is 1.71 bits per heavy atom. The molecule has 1 N–H and O–H groups in total. The van der Waals surface area contributed by atoms with Crippen molar-refractivity contribution in [1.82, 2.24) is 5.32 Å². The molecule has 0 spiro atoms. The van der Waals surface area contributed by atoms with E-state index >= 15 is 0 Å². The zero-order chi connectivity index (χ0) is 18.3. The predicted molar refractivity (Wildman–Crippen MR) is 104 cm³/mol. The van der Waals surface area contributed by atoms with Gasteiger partial charge >= 0.3 is 6.09 Å². The van der Waals surface area contributed by atoms with Gasteiger partial charge in [-0.3, -0.25) is 0 Å². The van der Waals surface area contributed by atoms with Crippen molar-refractivity contribution in [2.45, 2.75) is 65.8 Å². The fourth-order valence-electron chi connectivity index (χ4n) is 1.77. The van der Waals surface area contributed by atoms with Crippen molar-refractivity contribution in [3.05, 3.63) is 21.8 Å². The molecule has 1 aromatic rings. The Hall–Kier alpha value is -1.18. The highest BCUT2D eigenvalue weighted by Gasteiger charge is 2.17. The van der Waals surface area contributed by atoms with Gasteiger partial charge in [0, 0.05) is 0 Å². The molecule has 0 aliphatic carbocycles. The third-order valence-electron chi connectivity index (χ3n) is 3.09. The van der Waals surface area contributed by atoms with Crippen LogP contribution in [0.15, 0.2) is 18.2 Å².